The van der Waals surface area contributed by atoms with Crippen molar-refractivity contribution < 1.29 is 17.9 Å². The lowest BCUT2D eigenvalue weighted by Crippen LogP contribution is -2.06. The minimum atomic E-state index is -3.01. The molecule has 1 aromatic rings. The van der Waals surface area contributed by atoms with Gasteiger partial charge in [0.2, 0.25) is 0 Å². The highest BCUT2D eigenvalue weighted by Gasteiger charge is 2.11. The molecular formula is C11H14BrFO3S. The molecular weight excluding hydrogens is 311 g/mol. The van der Waals surface area contributed by atoms with Gasteiger partial charge in [-0.25, -0.2) is 12.8 Å². The third-order valence-electron chi connectivity index (χ3n) is 2.32. The first-order valence-corrected chi connectivity index (χ1v) is 7.95. The minimum absolute atomic E-state index is 0.0308. The second-order valence-corrected chi connectivity index (χ2v) is 7.08. The van der Waals surface area contributed by atoms with Gasteiger partial charge in [0.1, 0.15) is 15.7 Å². The number of sulfone groups is 1. The standard InChI is InChI=1S/C11H14BrFO3S/c1-17(15,16)6-2-3-11(14)8-4-5-9(12)10(13)7-8/h4-5,7,11,14H,2-3,6H2,1H3. The van der Waals surface area contributed by atoms with Gasteiger partial charge in [-0.2, -0.15) is 0 Å². The SMILES string of the molecule is CS(=O)(=O)CCCC(O)c1ccc(Br)c(F)c1. The Bertz CT molecular complexity index is 487. The second kappa shape index (κ2) is 5.93. The van der Waals surface area contributed by atoms with Crippen LogP contribution in [0.15, 0.2) is 22.7 Å². The zero-order valence-electron chi connectivity index (χ0n) is 9.36. The minimum Gasteiger partial charge on any atom is -0.388 e. The Hall–Kier alpha value is -0.460. The van der Waals surface area contributed by atoms with E-state index in [0.717, 1.165) is 6.26 Å². The number of hydrogen-bond donors (Lipinski definition) is 1. The summed E-state index contributed by atoms with van der Waals surface area (Å²) < 4.78 is 35.3. The Balaban J connectivity index is 2.58. The van der Waals surface area contributed by atoms with Crippen molar-refractivity contribution in [2.75, 3.05) is 12.0 Å². The van der Waals surface area contributed by atoms with Crippen molar-refractivity contribution in [1.29, 1.82) is 0 Å². The molecule has 0 aromatic heterocycles. The average molecular weight is 325 g/mol. The number of aliphatic hydroxyl groups is 1. The van der Waals surface area contributed by atoms with Crippen LogP contribution < -0.4 is 0 Å². The summed E-state index contributed by atoms with van der Waals surface area (Å²) in [4.78, 5) is 0. The van der Waals surface area contributed by atoms with Gasteiger partial charge in [0.25, 0.3) is 0 Å². The van der Waals surface area contributed by atoms with E-state index in [9.17, 15) is 17.9 Å². The lowest BCUT2D eigenvalue weighted by Gasteiger charge is -2.11. The molecule has 0 radical (unpaired) electrons. The van der Waals surface area contributed by atoms with E-state index in [4.69, 9.17) is 0 Å². The van der Waals surface area contributed by atoms with Crippen LogP contribution in [0.25, 0.3) is 0 Å². The van der Waals surface area contributed by atoms with Crippen LogP contribution in [0, 0.1) is 5.82 Å². The summed E-state index contributed by atoms with van der Waals surface area (Å²) in [6.45, 7) is 0. The van der Waals surface area contributed by atoms with Crippen LogP contribution in [0.3, 0.4) is 0 Å². The molecule has 0 saturated heterocycles. The van der Waals surface area contributed by atoms with E-state index in [0.29, 0.717) is 22.9 Å². The van der Waals surface area contributed by atoms with Gasteiger partial charge in [0.15, 0.2) is 0 Å². The molecule has 0 aliphatic carbocycles. The molecule has 17 heavy (non-hydrogen) atoms. The van der Waals surface area contributed by atoms with Crippen LogP contribution in [-0.4, -0.2) is 25.5 Å². The Kier molecular flexibility index (Phi) is 5.09. The molecule has 1 N–H and O–H groups in total. The molecule has 1 unspecified atom stereocenters. The predicted molar refractivity (Wildman–Crippen MR) is 68.0 cm³/mol. The highest BCUT2D eigenvalue weighted by molar-refractivity contribution is 9.10. The van der Waals surface area contributed by atoms with Gasteiger partial charge in [-0.3, -0.25) is 0 Å². The van der Waals surface area contributed by atoms with E-state index in [-0.39, 0.29) is 5.75 Å². The summed E-state index contributed by atoms with van der Waals surface area (Å²) in [6, 6.07) is 4.37. The number of benzene rings is 1. The van der Waals surface area contributed by atoms with Gasteiger partial charge in [0, 0.05) is 12.0 Å². The molecule has 0 heterocycles. The monoisotopic (exact) mass is 324 g/mol. The van der Waals surface area contributed by atoms with E-state index in [1.54, 1.807) is 6.07 Å². The van der Waals surface area contributed by atoms with Gasteiger partial charge in [-0.1, -0.05) is 6.07 Å². The maximum absolute atomic E-state index is 13.2. The summed E-state index contributed by atoms with van der Waals surface area (Å²) in [7, 11) is -3.01. The van der Waals surface area contributed by atoms with Crippen molar-refractivity contribution in [3.63, 3.8) is 0 Å². The van der Waals surface area contributed by atoms with Crippen LogP contribution in [0.2, 0.25) is 0 Å². The molecule has 0 fully saturated rings. The topological polar surface area (TPSA) is 54.4 Å². The third kappa shape index (κ3) is 5.14. The first-order valence-electron chi connectivity index (χ1n) is 5.10. The number of hydrogen-bond acceptors (Lipinski definition) is 3. The summed E-state index contributed by atoms with van der Waals surface area (Å²) in [5.74, 6) is -0.409. The summed E-state index contributed by atoms with van der Waals surface area (Å²) in [5, 5.41) is 9.76. The summed E-state index contributed by atoms with van der Waals surface area (Å²) in [6.07, 6.45) is 0.976. The summed E-state index contributed by atoms with van der Waals surface area (Å²) in [5.41, 5.74) is 0.458. The van der Waals surface area contributed by atoms with Gasteiger partial charge in [-0.05, 0) is 46.5 Å². The number of aliphatic hydroxyl groups excluding tert-OH is 1. The molecule has 0 saturated carbocycles. The zero-order chi connectivity index (χ0) is 13.1. The Morgan fingerprint density at radius 1 is 1.47 bits per heavy atom. The molecule has 6 heteroatoms. The van der Waals surface area contributed by atoms with E-state index in [2.05, 4.69) is 15.9 Å². The highest BCUT2D eigenvalue weighted by atomic mass is 79.9. The molecule has 1 rings (SSSR count). The van der Waals surface area contributed by atoms with Gasteiger partial charge in [-0.15, -0.1) is 0 Å². The lowest BCUT2D eigenvalue weighted by molar-refractivity contribution is 0.166. The molecule has 96 valence electrons. The Labute approximate surface area is 109 Å². The van der Waals surface area contributed by atoms with Crippen molar-refractivity contribution in [2.24, 2.45) is 0 Å². The second-order valence-electron chi connectivity index (χ2n) is 3.96. The van der Waals surface area contributed by atoms with Gasteiger partial charge >= 0.3 is 0 Å². The molecule has 0 amide bonds. The van der Waals surface area contributed by atoms with Crippen molar-refractivity contribution in [1.82, 2.24) is 0 Å². The first-order chi connectivity index (χ1) is 7.79. The van der Waals surface area contributed by atoms with E-state index < -0.39 is 21.8 Å². The van der Waals surface area contributed by atoms with E-state index >= 15 is 0 Å². The summed E-state index contributed by atoms with van der Waals surface area (Å²) >= 11 is 3.02. The fourth-order valence-electron chi connectivity index (χ4n) is 1.43. The molecule has 1 aromatic carbocycles. The predicted octanol–water partition coefficient (Wildman–Crippen LogP) is 2.45. The van der Waals surface area contributed by atoms with Crippen molar-refractivity contribution >= 4 is 25.8 Å². The van der Waals surface area contributed by atoms with Crippen molar-refractivity contribution in [3.05, 3.63) is 34.1 Å². The Morgan fingerprint density at radius 3 is 2.65 bits per heavy atom. The molecule has 0 bridgehead atoms. The fourth-order valence-corrected chi connectivity index (χ4v) is 2.36. The number of rotatable bonds is 5. The highest BCUT2D eigenvalue weighted by Crippen LogP contribution is 2.23. The zero-order valence-corrected chi connectivity index (χ0v) is 11.8. The van der Waals surface area contributed by atoms with Crippen LogP contribution in [0.1, 0.15) is 24.5 Å². The van der Waals surface area contributed by atoms with Crippen molar-refractivity contribution in [2.45, 2.75) is 18.9 Å². The van der Waals surface area contributed by atoms with Crippen LogP contribution in [0.4, 0.5) is 4.39 Å². The molecule has 1 atom stereocenters. The number of halogens is 2. The molecule has 0 aliphatic rings. The third-order valence-corrected chi connectivity index (χ3v) is 3.99. The largest absolute Gasteiger partial charge is 0.388 e. The normalized spacial score (nSPS) is 13.6. The quantitative estimate of drug-likeness (QED) is 0.905. The fraction of sp³-hybridized carbons (Fsp3) is 0.455. The lowest BCUT2D eigenvalue weighted by atomic mass is 10.1. The van der Waals surface area contributed by atoms with Gasteiger partial charge in [0.05, 0.1) is 10.6 Å². The molecule has 0 spiro atoms. The van der Waals surface area contributed by atoms with Crippen LogP contribution in [-0.2, 0) is 9.84 Å². The van der Waals surface area contributed by atoms with Gasteiger partial charge < -0.3 is 5.11 Å². The molecule has 3 nitrogen and oxygen atoms in total. The maximum Gasteiger partial charge on any atom is 0.147 e. The first kappa shape index (κ1) is 14.6. The maximum atomic E-state index is 13.2. The van der Waals surface area contributed by atoms with Crippen LogP contribution in [0.5, 0.6) is 0 Å². The molecule has 0 aliphatic heterocycles. The van der Waals surface area contributed by atoms with Crippen LogP contribution >= 0.6 is 15.9 Å². The van der Waals surface area contributed by atoms with Crippen molar-refractivity contribution in [3.8, 4) is 0 Å². The smallest absolute Gasteiger partial charge is 0.147 e. The Morgan fingerprint density at radius 2 is 2.12 bits per heavy atom. The average Bonchev–Trinajstić information content (AvgIpc) is 2.20. The van der Waals surface area contributed by atoms with E-state index in [1.165, 1.54) is 12.1 Å². The van der Waals surface area contributed by atoms with E-state index in [1.807, 2.05) is 0 Å².